The van der Waals surface area contributed by atoms with Gasteiger partial charge in [-0.1, -0.05) is 23.2 Å². The van der Waals surface area contributed by atoms with Crippen LogP contribution in [0.2, 0.25) is 10.0 Å². The molecule has 1 N–H and O–H groups in total. The number of phenols is 1. The molecule has 0 aliphatic heterocycles. The maximum Gasteiger partial charge on any atom is 0.206 e. The van der Waals surface area contributed by atoms with Crippen molar-refractivity contribution in [2.75, 3.05) is 0 Å². The zero-order valence-corrected chi connectivity index (χ0v) is 15.4. The fourth-order valence-corrected chi connectivity index (χ4v) is 3.73. The summed E-state index contributed by atoms with van der Waals surface area (Å²) in [6, 6.07) is 6.79. The Balaban J connectivity index is 2.02. The minimum atomic E-state index is -1.74. The standard InChI is InChI=1S/C18H9Cl2F3O2S/c1-7-10(19)4-8(5-11(7)20)13-2-3-14(26-13)17(24)9-6-12(21)16(23)18(25)15(9)22/h2-6,25H,1H3. The number of aromatic hydroxyl groups is 1. The van der Waals surface area contributed by atoms with Crippen LogP contribution in [0.25, 0.3) is 10.4 Å². The summed E-state index contributed by atoms with van der Waals surface area (Å²) in [7, 11) is 0. The Morgan fingerprint density at radius 1 is 1.04 bits per heavy atom. The second kappa shape index (κ2) is 6.95. The van der Waals surface area contributed by atoms with Gasteiger partial charge in [-0.3, -0.25) is 4.79 Å². The smallest absolute Gasteiger partial charge is 0.206 e. The lowest BCUT2D eigenvalue weighted by atomic mass is 10.1. The molecule has 0 aliphatic carbocycles. The van der Waals surface area contributed by atoms with Crippen molar-refractivity contribution in [3.8, 4) is 16.2 Å². The number of rotatable bonds is 3. The molecule has 0 spiro atoms. The third-order valence-corrected chi connectivity index (χ3v) is 5.69. The van der Waals surface area contributed by atoms with Crippen LogP contribution in [0.15, 0.2) is 30.3 Å². The summed E-state index contributed by atoms with van der Waals surface area (Å²) < 4.78 is 40.5. The number of carbonyl (C=O) groups is 1. The molecule has 0 bridgehead atoms. The average Bonchev–Trinajstić information content (AvgIpc) is 3.10. The van der Waals surface area contributed by atoms with E-state index in [9.17, 15) is 23.1 Å². The highest BCUT2D eigenvalue weighted by molar-refractivity contribution is 7.17. The normalized spacial score (nSPS) is 11.0. The molecule has 1 aromatic heterocycles. The molecule has 134 valence electrons. The van der Waals surface area contributed by atoms with Gasteiger partial charge >= 0.3 is 0 Å². The molecule has 8 heteroatoms. The number of thiophene rings is 1. The van der Waals surface area contributed by atoms with Crippen LogP contribution >= 0.6 is 34.5 Å². The Bertz CT molecular complexity index is 1020. The molecular formula is C18H9Cl2F3O2S. The number of ketones is 1. The van der Waals surface area contributed by atoms with E-state index in [1.165, 1.54) is 6.07 Å². The summed E-state index contributed by atoms with van der Waals surface area (Å²) in [5, 5.41) is 10.2. The number of carbonyl (C=O) groups excluding carboxylic acids is 1. The number of hydrogen-bond acceptors (Lipinski definition) is 3. The average molecular weight is 417 g/mol. The molecular weight excluding hydrogens is 408 g/mol. The summed E-state index contributed by atoms with van der Waals surface area (Å²) >= 11 is 13.2. The van der Waals surface area contributed by atoms with Crippen molar-refractivity contribution in [3.05, 3.63) is 73.8 Å². The number of phenolic OH excluding ortho intramolecular Hbond substituents is 1. The lowest BCUT2D eigenvalue weighted by Crippen LogP contribution is -2.05. The molecule has 2 nitrogen and oxygen atoms in total. The van der Waals surface area contributed by atoms with Gasteiger partial charge in [-0.25, -0.2) is 8.78 Å². The molecule has 0 saturated heterocycles. The number of benzene rings is 2. The van der Waals surface area contributed by atoms with Crippen molar-refractivity contribution in [1.29, 1.82) is 0 Å². The van der Waals surface area contributed by atoms with Crippen LogP contribution in [0.4, 0.5) is 13.2 Å². The topological polar surface area (TPSA) is 37.3 Å². The molecule has 0 unspecified atom stereocenters. The van der Waals surface area contributed by atoms with Crippen molar-refractivity contribution in [1.82, 2.24) is 0 Å². The van der Waals surface area contributed by atoms with Crippen LogP contribution < -0.4 is 0 Å². The quantitative estimate of drug-likeness (QED) is 0.397. The molecule has 26 heavy (non-hydrogen) atoms. The highest BCUT2D eigenvalue weighted by Crippen LogP contribution is 2.36. The number of halogens is 5. The fraction of sp³-hybridized carbons (Fsp3) is 0.0556. The van der Waals surface area contributed by atoms with Crippen LogP contribution in [0.1, 0.15) is 20.8 Å². The van der Waals surface area contributed by atoms with E-state index in [-0.39, 0.29) is 4.88 Å². The second-order valence-corrected chi connectivity index (χ2v) is 7.34. The van der Waals surface area contributed by atoms with E-state index >= 15 is 0 Å². The summed E-state index contributed by atoms with van der Waals surface area (Å²) in [5.74, 6) is -7.17. The van der Waals surface area contributed by atoms with Crippen LogP contribution in [0.3, 0.4) is 0 Å². The Hall–Kier alpha value is -2.02. The van der Waals surface area contributed by atoms with E-state index in [1.54, 1.807) is 25.1 Å². The Morgan fingerprint density at radius 3 is 2.27 bits per heavy atom. The first-order valence-electron chi connectivity index (χ1n) is 7.17. The van der Waals surface area contributed by atoms with Gasteiger partial charge < -0.3 is 5.11 Å². The zero-order valence-electron chi connectivity index (χ0n) is 13.0. The van der Waals surface area contributed by atoms with Gasteiger partial charge in [0, 0.05) is 14.9 Å². The van der Waals surface area contributed by atoms with Gasteiger partial charge in [-0.05, 0) is 48.4 Å². The molecule has 0 aliphatic rings. The van der Waals surface area contributed by atoms with Crippen molar-refractivity contribution >= 4 is 40.3 Å². The van der Waals surface area contributed by atoms with Gasteiger partial charge in [-0.15, -0.1) is 11.3 Å². The van der Waals surface area contributed by atoms with E-state index < -0.39 is 34.5 Å². The van der Waals surface area contributed by atoms with Crippen LogP contribution in [-0.2, 0) is 0 Å². The minimum Gasteiger partial charge on any atom is -0.503 e. The molecule has 0 amide bonds. The summed E-state index contributed by atoms with van der Waals surface area (Å²) in [6.45, 7) is 1.76. The predicted octanol–water partition coefficient (Wildman–Crippen LogP) is 6.38. The Labute approximate surface area is 160 Å². The number of hydrogen-bond donors (Lipinski definition) is 1. The van der Waals surface area contributed by atoms with E-state index in [4.69, 9.17) is 23.2 Å². The van der Waals surface area contributed by atoms with E-state index in [1.807, 2.05) is 0 Å². The second-order valence-electron chi connectivity index (χ2n) is 5.44. The van der Waals surface area contributed by atoms with Crippen molar-refractivity contribution < 1.29 is 23.1 Å². The molecule has 2 aromatic carbocycles. The van der Waals surface area contributed by atoms with Gasteiger partial charge in [0.2, 0.25) is 11.6 Å². The molecule has 1 heterocycles. The summed E-state index contributed by atoms with van der Waals surface area (Å²) in [4.78, 5) is 13.1. The first-order valence-corrected chi connectivity index (χ1v) is 8.75. The maximum atomic E-state index is 14.0. The van der Waals surface area contributed by atoms with Gasteiger partial charge in [0.05, 0.1) is 10.4 Å². The SMILES string of the molecule is Cc1c(Cl)cc(-c2ccc(C(=O)c3cc(F)c(F)c(O)c3F)s2)cc1Cl. The van der Waals surface area contributed by atoms with E-state index in [0.717, 1.165) is 11.3 Å². The largest absolute Gasteiger partial charge is 0.503 e. The predicted molar refractivity (Wildman–Crippen MR) is 95.9 cm³/mol. The zero-order chi connectivity index (χ0) is 19.2. The first kappa shape index (κ1) is 18.8. The summed E-state index contributed by atoms with van der Waals surface area (Å²) in [5.41, 5.74) is 0.613. The van der Waals surface area contributed by atoms with Crippen molar-refractivity contribution in [2.45, 2.75) is 6.92 Å². The summed E-state index contributed by atoms with van der Waals surface area (Å²) in [6.07, 6.45) is 0. The minimum absolute atomic E-state index is 0.0807. The van der Waals surface area contributed by atoms with Crippen molar-refractivity contribution in [3.63, 3.8) is 0 Å². The molecule has 0 saturated carbocycles. The highest BCUT2D eigenvalue weighted by atomic mass is 35.5. The molecule has 3 rings (SSSR count). The van der Waals surface area contributed by atoms with Gasteiger partial charge in [0.25, 0.3) is 0 Å². The third kappa shape index (κ3) is 3.20. The highest BCUT2D eigenvalue weighted by Gasteiger charge is 2.24. The Morgan fingerprint density at radius 2 is 1.65 bits per heavy atom. The maximum absolute atomic E-state index is 14.0. The van der Waals surface area contributed by atoms with Gasteiger partial charge in [0.15, 0.2) is 17.4 Å². The lowest BCUT2D eigenvalue weighted by Gasteiger charge is -2.05. The van der Waals surface area contributed by atoms with Crippen LogP contribution in [0.5, 0.6) is 5.75 Å². The fourth-order valence-electron chi connectivity index (χ4n) is 2.29. The van der Waals surface area contributed by atoms with E-state index in [2.05, 4.69) is 0 Å². The Kier molecular flexibility index (Phi) is 5.01. The molecule has 0 fully saturated rings. The first-order chi connectivity index (χ1) is 12.2. The third-order valence-electron chi connectivity index (χ3n) is 3.77. The molecule has 0 radical (unpaired) electrons. The van der Waals surface area contributed by atoms with Crippen LogP contribution in [0, 0.1) is 24.4 Å². The monoisotopic (exact) mass is 416 g/mol. The lowest BCUT2D eigenvalue weighted by molar-refractivity contribution is 0.103. The van der Waals surface area contributed by atoms with Gasteiger partial charge in [-0.2, -0.15) is 4.39 Å². The van der Waals surface area contributed by atoms with Crippen LogP contribution in [-0.4, -0.2) is 10.9 Å². The molecule has 3 aromatic rings. The molecule has 0 atom stereocenters. The van der Waals surface area contributed by atoms with E-state index in [0.29, 0.717) is 32.1 Å². The van der Waals surface area contributed by atoms with Gasteiger partial charge in [0.1, 0.15) is 0 Å². The van der Waals surface area contributed by atoms with Crippen molar-refractivity contribution in [2.24, 2.45) is 0 Å².